The fourth-order valence-electron chi connectivity index (χ4n) is 4.02. The number of anilines is 1. The van der Waals surface area contributed by atoms with Crippen LogP contribution in [-0.2, 0) is 24.2 Å². The summed E-state index contributed by atoms with van der Waals surface area (Å²) in [6.45, 7) is 2.30. The minimum Gasteiger partial charge on any atom is -0.486 e. The monoisotopic (exact) mass is 521 g/mol. The van der Waals surface area contributed by atoms with Crippen LogP contribution in [0.15, 0.2) is 42.0 Å². The topological polar surface area (TPSA) is 85.9 Å². The van der Waals surface area contributed by atoms with Gasteiger partial charge >= 0.3 is 0 Å². The number of hydrogen-bond donors (Lipinski definition) is 1. The molecule has 1 N–H and O–H groups in total. The zero-order chi connectivity index (χ0) is 24.9. The van der Waals surface area contributed by atoms with Crippen LogP contribution in [0.2, 0.25) is 10.0 Å². The van der Waals surface area contributed by atoms with Gasteiger partial charge in [0.2, 0.25) is 0 Å². The molecule has 176 valence electrons. The van der Waals surface area contributed by atoms with Crippen molar-refractivity contribution in [1.82, 2.24) is 0 Å². The Balaban J connectivity index is 1.53. The van der Waals surface area contributed by atoms with Crippen molar-refractivity contribution in [1.29, 1.82) is 10.5 Å². The summed E-state index contributed by atoms with van der Waals surface area (Å²) in [5, 5.41) is 23.0. The van der Waals surface area contributed by atoms with Crippen molar-refractivity contribution in [2.75, 3.05) is 5.32 Å². The van der Waals surface area contributed by atoms with E-state index in [4.69, 9.17) is 27.9 Å². The van der Waals surface area contributed by atoms with Crippen molar-refractivity contribution in [2.45, 2.75) is 39.2 Å². The number of ether oxygens (including phenoxy) is 1. The van der Waals surface area contributed by atoms with Crippen molar-refractivity contribution in [3.8, 4) is 17.9 Å². The Bertz CT molecular complexity index is 1390. The number of carbonyl (C=O) groups excluding carboxylic acids is 1. The number of nitrogens with one attached hydrogen (secondary N) is 1. The highest BCUT2D eigenvalue weighted by atomic mass is 35.5. The smallest absolute Gasteiger partial charge is 0.266 e. The number of thiophene rings is 1. The molecule has 0 spiro atoms. The average Bonchev–Trinajstić information content (AvgIpc) is 3.18. The molecule has 0 aliphatic heterocycles. The fourth-order valence-corrected chi connectivity index (χ4v) is 5.86. The maximum absolute atomic E-state index is 12.9. The summed E-state index contributed by atoms with van der Waals surface area (Å²) in [6, 6.07) is 15.2. The van der Waals surface area contributed by atoms with E-state index >= 15 is 0 Å². The molecule has 0 radical (unpaired) electrons. The van der Waals surface area contributed by atoms with Crippen LogP contribution in [0.4, 0.5) is 5.00 Å². The van der Waals surface area contributed by atoms with Crippen LogP contribution in [0.3, 0.4) is 0 Å². The van der Waals surface area contributed by atoms with E-state index in [1.807, 2.05) is 37.3 Å². The SMILES string of the molecule is Cc1cccc(COc2c(Cl)cc(/C=C(\C#N)C(=O)Nc3sc4c(c3C#N)CCCC4)cc2Cl)c1. The summed E-state index contributed by atoms with van der Waals surface area (Å²) >= 11 is 14.2. The second kappa shape index (κ2) is 11.0. The van der Waals surface area contributed by atoms with E-state index < -0.39 is 5.91 Å². The number of benzene rings is 2. The van der Waals surface area contributed by atoms with Crippen molar-refractivity contribution in [3.05, 3.63) is 84.7 Å². The molecule has 1 aromatic heterocycles. The molecule has 8 heteroatoms. The molecule has 35 heavy (non-hydrogen) atoms. The second-order valence-electron chi connectivity index (χ2n) is 8.24. The first-order chi connectivity index (χ1) is 16.9. The normalized spacial score (nSPS) is 12.9. The van der Waals surface area contributed by atoms with E-state index in [0.717, 1.165) is 47.3 Å². The van der Waals surface area contributed by atoms with Crippen molar-refractivity contribution in [2.24, 2.45) is 0 Å². The van der Waals surface area contributed by atoms with Gasteiger partial charge in [0.05, 0.1) is 15.6 Å². The minimum atomic E-state index is -0.588. The zero-order valence-corrected chi connectivity index (χ0v) is 21.3. The molecule has 5 nitrogen and oxygen atoms in total. The highest BCUT2D eigenvalue weighted by molar-refractivity contribution is 7.16. The average molecular weight is 522 g/mol. The molecule has 0 atom stereocenters. The Labute approximate surface area is 218 Å². The van der Waals surface area contributed by atoms with Crippen LogP contribution in [0.25, 0.3) is 6.08 Å². The molecular formula is C27H21Cl2N3O2S. The summed E-state index contributed by atoms with van der Waals surface area (Å²) in [4.78, 5) is 14.0. The molecule has 0 saturated heterocycles. The van der Waals surface area contributed by atoms with Gasteiger partial charge in [0.1, 0.15) is 29.3 Å². The number of carbonyl (C=O) groups is 1. The van der Waals surface area contributed by atoms with Crippen LogP contribution in [0.1, 0.15) is 45.5 Å². The molecule has 1 aliphatic rings. The number of amides is 1. The van der Waals surface area contributed by atoms with Gasteiger partial charge in [-0.3, -0.25) is 4.79 Å². The molecule has 0 unspecified atom stereocenters. The molecule has 4 rings (SSSR count). The first-order valence-electron chi connectivity index (χ1n) is 11.0. The van der Waals surface area contributed by atoms with Crippen molar-refractivity contribution >= 4 is 51.5 Å². The van der Waals surface area contributed by atoms with Gasteiger partial charge in [-0.25, -0.2) is 0 Å². The molecule has 2 aromatic carbocycles. The Hall–Kier alpha value is -3.29. The first-order valence-corrected chi connectivity index (χ1v) is 12.6. The number of fused-ring (bicyclic) bond motifs is 1. The zero-order valence-electron chi connectivity index (χ0n) is 19.0. The quantitative estimate of drug-likeness (QED) is 0.273. The summed E-state index contributed by atoms with van der Waals surface area (Å²) in [5.74, 6) is -0.257. The van der Waals surface area contributed by atoms with Crippen LogP contribution in [-0.4, -0.2) is 5.91 Å². The lowest BCUT2D eigenvalue weighted by atomic mass is 9.96. The highest BCUT2D eigenvalue weighted by Gasteiger charge is 2.23. The number of halogens is 2. The molecule has 0 saturated carbocycles. The van der Waals surface area contributed by atoms with Gasteiger partial charge in [-0.2, -0.15) is 10.5 Å². The third kappa shape index (κ3) is 5.69. The number of aryl methyl sites for hydroxylation is 2. The van der Waals surface area contributed by atoms with Gasteiger partial charge < -0.3 is 10.1 Å². The summed E-state index contributed by atoms with van der Waals surface area (Å²) in [6.07, 6.45) is 5.25. The summed E-state index contributed by atoms with van der Waals surface area (Å²) in [7, 11) is 0. The number of hydrogen-bond acceptors (Lipinski definition) is 5. The van der Waals surface area contributed by atoms with Gasteiger partial charge in [-0.15, -0.1) is 11.3 Å². The van der Waals surface area contributed by atoms with Gasteiger partial charge in [0.25, 0.3) is 5.91 Å². The fraction of sp³-hybridized carbons (Fsp3) is 0.222. The second-order valence-corrected chi connectivity index (χ2v) is 10.2. The molecule has 0 fully saturated rings. The van der Waals surface area contributed by atoms with Crippen LogP contribution in [0, 0.1) is 29.6 Å². The van der Waals surface area contributed by atoms with E-state index in [1.165, 1.54) is 17.4 Å². The standard InChI is InChI=1S/C27H21Cl2N3O2S/c1-16-5-4-6-17(9-16)15-34-25-22(28)11-18(12-23(25)29)10-19(13-30)26(33)32-27-21(14-31)20-7-2-3-8-24(20)35-27/h4-6,9-12H,2-3,7-8,15H2,1H3,(H,32,33)/b19-10+. The van der Waals surface area contributed by atoms with Gasteiger partial charge in [0.15, 0.2) is 5.75 Å². The molecule has 1 amide bonds. The van der Waals surface area contributed by atoms with E-state index in [0.29, 0.717) is 28.5 Å². The van der Waals surface area contributed by atoms with Crippen molar-refractivity contribution in [3.63, 3.8) is 0 Å². The van der Waals surface area contributed by atoms with Gasteiger partial charge in [-0.1, -0.05) is 53.0 Å². The number of nitrogens with zero attached hydrogens (tertiary/aromatic N) is 2. The Kier molecular flexibility index (Phi) is 7.78. The Morgan fingerprint density at radius 2 is 1.91 bits per heavy atom. The maximum Gasteiger partial charge on any atom is 0.266 e. The third-order valence-corrected chi connectivity index (χ3v) is 7.44. The lowest BCUT2D eigenvalue weighted by Gasteiger charge is -2.11. The van der Waals surface area contributed by atoms with Crippen LogP contribution < -0.4 is 10.1 Å². The maximum atomic E-state index is 12.9. The van der Waals surface area contributed by atoms with E-state index in [9.17, 15) is 15.3 Å². The van der Waals surface area contributed by atoms with E-state index in [2.05, 4.69) is 11.4 Å². The van der Waals surface area contributed by atoms with Crippen LogP contribution in [0.5, 0.6) is 5.75 Å². The minimum absolute atomic E-state index is 0.124. The van der Waals surface area contributed by atoms with E-state index in [1.54, 1.807) is 12.1 Å². The number of rotatable bonds is 6. The number of nitriles is 2. The summed E-state index contributed by atoms with van der Waals surface area (Å²) in [5.41, 5.74) is 3.98. The van der Waals surface area contributed by atoms with Gasteiger partial charge in [0, 0.05) is 4.88 Å². The first kappa shape index (κ1) is 24.8. The largest absolute Gasteiger partial charge is 0.486 e. The lowest BCUT2D eigenvalue weighted by molar-refractivity contribution is -0.112. The Morgan fingerprint density at radius 1 is 1.17 bits per heavy atom. The predicted octanol–water partition coefficient (Wildman–Crippen LogP) is 7.24. The highest BCUT2D eigenvalue weighted by Crippen LogP contribution is 2.38. The summed E-state index contributed by atoms with van der Waals surface area (Å²) < 4.78 is 5.83. The molecule has 3 aromatic rings. The van der Waals surface area contributed by atoms with Gasteiger partial charge in [-0.05, 0) is 67.5 Å². The van der Waals surface area contributed by atoms with E-state index in [-0.39, 0.29) is 15.6 Å². The Morgan fingerprint density at radius 3 is 2.60 bits per heavy atom. The molecular weight excluding hydrogens is 501 g/mol. The van der Waals surface area contributed by atoms with Crippen molar-refractivity contribution < 1.29 is 9.53 Å². The third-order valence-electron chi connectivity index (χ3n) is 5.67. The van der Waals surface area contributed by atoms with Crippen LogP contribution >= 0.6 is 34.5 Å². The molecule has 1 aliphatic carbocycles. The molecule has 0 bridgehead atoms. The lowest BCUT2D eigenvalue weighted by Crippen LogP contribution is -2.13. The predicted molar refractivity (Wildman–Crippen MR) is 140 cm³/mol. The molecule has 1 heterocycles.